The zero-order valence-corrected chi connectivity index (χ0v) is 9.23. The van der Waals surface area contributed by atoms with Crippen molar-refractivity contribution in [1.82, 2.24) is 10.2 Å². The molecule has 6 nitrogen and oxygen atoms in total. The Balaban J connectivity index is 2.43. The molecule has 0 aromatic heterocycles. The van der Waals surface area contributed by atoms with Crippen molar-refractivity contribution in [2.75, 3.05) is 19.6 Å². The Morgan fingerprint density at radius 1 is 1.44 bits per heavy atom. The van der Waals surface area contributed by atoms with Crippen LogP contribution < -0.4 is 5.32 Å². The lowest BCUT2D eigenvalue weighted by Gasteiger charge is -2.30. The predicted octanol–water partition coefficient (Wildman–Crippen LogP) is -0.554. The smallest absolute Gasteiger partial charge is 0.308 e. The average molecular weight is 228 g/mol. The minimum Gasteiger partial charge on any atom is -0.481 e. The third-order valence-electron chi connectivity index (χ3n) is 2.61. The first-order chi connectivity index (χ1) is 7.50. The molecule has 0 aliphatic carbocycles. The topological polar surface area (TPSA) is 86.7 Å². The highest BCUT2D eigenvalue weighted by atomic mass is 16.4. The summed E-state index contributed by atoms with van der Waals surface area (Å²) in [5, 5.41) is 11.3. The van der Waals surface area contributed by atoms with Crippen molar-refractivity contribution in [3.8, 4) is 0 Å². The van der Waals surface area contributed by atoms with Gasteiger partial charge >= 0.3 is 5.97 Å². The number of nitrogens with one attached hydrogen (secondary N) is 1. The van der Waals surface area contributed by atoms with Crippen LogP contribution in [0, 0.1) is 5.92 Å². The highest BCUT2D eigenvalue weighted by Gasteiger charge is 2.27. The lowest BCUT2D eigenvalue weighted by atomic mass is 9.98. The lowest BCUT2D eigenvalue weighted by molar-refractivity contribution is -0.145. The Morgan fingerprint density at radius 3 is 2.69 bits per heavy atom. The van der Waals surface area contributed by atoms with E-state index in [0.717, 1.165) is 0 Å². The minimum atomic E-state index is -0.864. The fourth-order valence-corrected chi connectivity index (χ4v) is 1.72. The number of rotatable bonds is 3. The molecule has 2 amide bonds. The van der Waals surface area contributed by atoms with Gasteiger partial charge in [0.1, 0.15) is 0 Å². The summed E-state index contributed by atoms with van der Waals surface area (Å²) in [7, 11) is 0. The van der Waals surface area contributed by atoms with Crippen molar-refractivity contribution in [3.63, 3.8) is 0 Å². The van der Waals surface area contributed by atoms with Crippen molar-refractivity contribution in [2.45, 2.75) is 19.8 Å². The van der Waals surface area contributed by atoms with Crippen LogP contribution in [0.3, 0.4) is 0 Å². The first-order valence-corrected chi connectivity index (χ1v) is 5.25. The molecule has 1 atom stereocenters. The van der Waals surface area contributed by atoms with Gasteiger partial charge < -0.3 is 15.3 Å². The highest BCUT2D eigenvalue weighted by Crippen LogP contribution is 2.16. The van der Waals surface area contributed by atoms with E-state index < -0.39 is 11.9 Å². The first kappa shape index (κ1) is 12.5. The summed E-state index contributed by atoms with van der Waals surface area (Å²) >= 11 is 0. The van der Waals surface area contributed by atoms with Gasteiger partial charge in [-0.15, -0.1) is 0 Å². The van der Waals surface area contributed by atoms with Gasteiger partial charge in [0.2, 0.25) is 11.8 Å². The molecule has 1 rings (SSSR count). The van der Waals surface area contributed by atoms with Crippen LogP contribution in [0.25, 0.3) is 0 Å². The second kappa shape index (κ2) is 5.48. The molecule has 1 saturated heterocycles. The van der Waals surface area contributed by atoms with Crippen LogP contribution in [-0.2, 0) is 14.4 Å². The zero-order valence-electron chi connectivity index (χ0n) is 9.23. The standard InChI is InChI=1S/C10H16N2O4/c1-7(13)11-5-9(14)12-4-2-3-8(6-12)10(15)16/h8H,2-6H2,1H3,(H,11,13)(H,15,16). The van der Waals surface area contributed by atoms with E-state index in [1.165, 1.54) is 11.8 Å². The van der Waals surface area contributed by atoms with Crippen molar-refractivity contribution >= 4 is 17.8 Å². The zero-order chi connectivity index (χ0) is 12.1. The van der Waals surface area contributed by atoms with E-state index in [2.05, 4.69) is 5.32 Å². The van der Waals surface area contributed by atoms with E-state index in [0.29, 0.717) is 19.4 Å². The molecular formula is C10H16N2O4. The van der Waals surface area contributed by atoms with Gasteiger partial charge in [-0.25, -0.2) is 0 Å². The number of carboxylic acid groups (broad SMARTS) is 1. The van der Waals surface area contributed by atoms with Crippen molar-refractivity contribution in [3.05, 3.63) is 0 Å². The van der Waals surface area contributed by atoms with E-state index in [4.69, 9.17) is 5.11 Å². The van der Waals surface area contributed by atoms with Crippen LogP contribution in [0.4, 0.5) is 0 Å². The fourth-order valence-electron chi connectivity index (χ4n) is 1.72. The van der Waals surface area contributed by atoms with Gasteiger partial charge in [-0.05, 0) is 12.8 Å². The monoisotopic (exact) mass is 228 g/mol. The number of carbonyl (C=O) groups excluding carboxylic acids is 2. The summed E-state index contributed by atoms with van der Waals surface area (Å²) in [5.74, 6) is -1.83. The van der Waals surface area contributed by atoms with Gasteiger partial charge in [0.15, 0.2) is 0 Å². The molecule has 0 saturated carbocycles. The molecule has 16 heavy (non-hydrogen) atoms. The van der Waals surface area contributed by atoms with E-state index in [-0.39, 0.29) is 24.9 Å². The largest absolute Gasteiger partial charge is 0.481 e. The van der Waals surface area contributed by atoms with Crippen LogP contribution in [-0.4, -0.2) is 47.4 Å². The van der Waals surface area contributed by atoms with Gasteiger partial charge in [-0.1, -0.05) is 0 Å². The number of carbonyl (C=O) groups is 3. The molecule has 0 aromatic carbocycles. The molecule has 2 N–H and O–H groups in total. The summed E-state index contributed by atoms with van der Waals surface area (Å²) in [4.78, 5) is 34.5. The van der Waals surface area contributed by atoms with Crippen LogP contribution >= 0.6 is 0 Å². The quantitative estimate of drug-likeness (QED) is 0.678. The first-order valence-electron chi connectivity index (χ1n) is 5.25. The number of carboxylic acids is 1. The van der Waals surface area contributed by atoms with Crippen molar-refractivity contribution < 1.29 is 19.5 Å². The van der Waals surface area contributed by atoms with Gasteiger partial charge in [0.05, 0.1) is 12.5 Å². The number of amides is 2. The molecule has 90 valence electrons. The molecule has 1 fully saturated rings. The predicted molar refractivity (Wildman–Crippen MR) is 55.6 cm³/mol. The average Bonchev–Trinajstić information content (AvgIpc) is 2.26. The molecule has 0 bridgehead atoms. The SMILES string of the molecule is CC(=O)NCC(=O)N1CCCC(C(=O)O)C1. The molecule has 1 aliphatic rings. The Morgan fingerprint density at radius 2 is 2.12 bits per heavy atom. The van der Waals surface area contributed by atoms with Gasteiger partial charge in [-0.3, -0.25) is 14.4 Å². The Kier molecular flexibility index (Phi) is 4.28. The molecule has 1 aliphatic heterocycles. The van der Waals surface area contributed by atoms with Crippen molar-refractivity contribution in [1.29, 1.82) is 0 Å². The number of hydrogen-bond acceptors (Lipinski definition) is 3. The summed E-state index contributed by atoms with van der Waals surface area (Å²) in [6, 6.07) is 0. The molecule has 1 unspecified atom stereocenters. The maximum atomic E-state index is 11.6. The van der Waals surface area contributed by atoms with E-state index in [1.807, 2.05) is 0 Å². The molecular weight excluding hydrogens is 212 g/mol. The Bertz CT molecular complexity index is 303. The summed E-state index contributed by atoms with van der Waals surface area (Å²) in [5.41, 5.74) is 0. The van der Waals surface area contributed by atoms with E-state index >= 15 is 0 Å². The van der Waals surface area contributed by atoms with Crippen LogP contribution in [0.5, 0.6) is 0 Å². The normalized spacial score (nSPS) is 20.3. The maximum absolute atomic E-state index is 11.6. The number of likely N-dealkylation sites (tertiary alicyclic amines) is 1. The van der Waals surface area contributed by atoms with Crippen LogP contribution in [0.1, 0.15) is 19.8 Å². The Labute approximate surface area is 93.6 Å². The maximum Gasteiger partial charge on any atom is 0.308 e. The molecule has 0 spiro atoms. The summed E-state index contributed by atoms with van der Waals surface area (Å²) < 4.78 is 0. The Hall–Kier alpha value is -1.59. The van der Waals surface area contributed by atoms with Gasteiger partial charge in [-0.2, -0.15) is 0 Å². The minimum absolute atomic E-state index is 0.0539. The summed E-state index contributed by atoms with van der Waals surface area (Å²) in [6.45, 7) is 2.10. The number of nitrogens with zero attached hydrogens (tertiary/aromatic N) is 1. The molecule has 0 aromatic rings. The number of piperidine rings is 1. The van der Waals surface area contributed by atoms with Gasteiger partial charge in [0, 0.05) is 20.0 Å². The third kappa shape index (κ3) is 3.52. The number of aliphatic carboxylic acids is 1. The summed E-state index contributed by atoms with van der Waals surface area (Å²) in [6.07, 6.45) is 1.31. The van der Waals surface area contributed by atoms with Crippen molar-refractivity contribution in [2.24, 2.45) is 5.92 Å². The molecule has 0 radical (unpaired) electrons. The number of hydrogen-bond donors (Lipinski definition) is 2. The highest BCUT2D eigenvalue weighted by molar-refractivity contribution is 5.84. The van der Waals surface area contributed by atoms with E-state index in [1.54, 1.807) is 0 Å². The molecule has 6 heteroatoms. The second-order valence-corrected chi connectivity index (χ2v) is 3.93. The fraction of sp³-hybridized carbons (Fsp3) is 0.700. The third-order valence-corrected chi connectivity index (χ3v) is 2.61. The van der Waals surface area contributed by atoms with Gasteiger partial charge in [0.25, 0.3) is 0 Å². The van der Waals surface area contributed by atoms with Crippen LogP contribution in [0.15, 0.2) is 0 Å². The van der Waals surface area contributed by atoms with E-state index in [9.17, 15) is 14.4 Å². The second-order valence-electron chi connectivity index (χ2n) is 3.93. The lowest BCUT2D eigenvalue weighted by Crippen LogP contribution is -2.46. The van der Waals surface area contributed by atoms with Crippen LogP contribution in [0.2, 0.25) is 0 Å². The molecule has 1 heterocycles.